The Morgan fingerprint density at radius 3 is 1.88 bits per heavy atom. The minimum Gasteiger partial charge on any atom is -0.456 e. The normalized spacial score (nSPS) is 13.8. The highest BCUT2D eigenvalue weighted by Crippen LogP contribution is 2.21. The van der Waals surface area contributed by atoms with E-state index in [0.29, 0.717) is 0 Å². The summed E-state index contributed by atoms with van der Waals surface area (Å²) >= 11 is 0. The summed E-state index contributed by atoms with van der Waals surface area (Å²) in [5, 5.41) is 1.43. The van der Waals surface area contributed by atoms with E-state index in [9.17, 15) is 0 Å². The SMILES string of the molecule is CC(C)[SiH](O[SiH](C)c1ccccc1)C(C)C. The minimum atomic E-state index is -1.17. The van der Waals surface area contributed by atoms with Gasteiger partial charge in [0.1, 0.15) is 0 Å². The van der Waals surface area contributed by atoms with Gasteiger partial charge < -0.3 is 4.12 Å². The summed E-state index contributed by atoms with van der Waals surface area (Å²) in [4.78, 5) is 0. The van der Waals surface area contributed by atoms with Crippen molar-refractivity contribution in [2.24, 2.45) is 0 Å². The zero-order valence-electron chi connectivity index (χ0n) is 11.1. The highest BCUT2D eigenvalue weighted by molar-refractivity contribution is 6.74. The maximum absolute atomic E-state index is 6.44. The van der Waals surface area contributed by atoms with E-state index in [-0.39, 0.29) is 0 Å². The third kappa shape index (κ3) is 3.88. The molecule has 1 aromatic rings. The maximum atomic E-state index is 6.44. The van der Waals surface area contributed by atoms with Gasteiger partial charge in [0.25, 0.3) is 0 Å². The largest absolute Gasteiger partial charge is 0.456 e. The van der Waals surface area contributed by atoms with E-state index in [1.807, 2.05) is 0 Å². The van der Waals surface area contributed by atoms with E-state index >= 15 is 0 Å². The Morgan fingerprint density at radius 2 is 1.44 bits per heavy atom. The van der Waals surface area contributed by atoms with Crippen molar-refractivity contribution in [1.29, 1.82) is 0 Å². The molecule has 3 heteroatoms. The molecule has 0 aromatic heterocycles. The summed E-state index contributed by atoms with van der Waals surface area (Å²) in [5.74, 6) is 0. The zero-order valence-corrected chi connectivity index (χ0v) is 13.4. The van der Waals surface area contributed by atoms with Gasteiger partial charge in [-0.25, -0.2) is 0 Å². The van der Waals surface area contributed by atoms with Crippen LogP contribution < -0.4 is 5.19 Å². The smallest absolute Gasteiger partial charge is 0.192 e. The van der Waals surface area contributed by atoms with E-state index in [1.165, 1.54) is 5.19 Å². The van der Waals surface area contributed by atoms with Crippen molar-refractivity contribution in [3.63, 3.8) is 0 Å². The predicted molar refractivity (Wildman–Crippen MR) is 77.5 cm³/mol. The van der Waals surface area contributed by atoms with Crippen LogP contribution >= 0.6 is 0 Å². The molecule has 16 heavy (non-hydrogen) atoms. The van der Waals surface area contributed by atoms with Gasteiger partial charge in [-0.2, -0.15) is 0 Å². The van der Waals surface area contributed by atoms with Crippen LogP contribution in [-0.4, -0.2) is 18.1 Å². The van der Waals surface area contributed by atoms with Gasteiger partial charge in [-0.15, -0.1) is 0 Å². The van der Waals surface area contributed by atoms with Gasteiger partial charge in [0.2, 0.25) is 0 Å². The number of hydrogen-bond acceptors (Lipinski definition) is 1. The lowest BCUT2D eigenvalue weighted by Crippen LogP contribution is -2.39. The summed E-state index contributed by atoms with van der Waals surface area (Å²) in [7, 11) is -2.22. The molecule has 1 atom stereocenters. The van der Waals surface area contributed by atoms with Crippen molar-refractivity contribution in [2.45, 2.75) is 45.3 Å². The number of rotatable bonds is 5. The van der Waals surface area contributed by atoms with Crippen LogP contribution in [0.5, 0.6) is 0 Å². The van der Waals surface area contributed by atoms with E-state index in [4.69, 9.17) is 4.12 Å². The molecule has 0 heterocycles. The lowest BCUT2D eigenvalue weighted by Gasteiger charge is -2.27. The molecule has 0 bridgehead atoms. The molecule has 0 radical (unpaired) electrons. The first-order chi connectivity index (χ1) is 7.52. The molecule has 1 unspecified atom stereocenters. The third-order valence-electron chi connectivity index (χ3n) is 2.94. The van der Waals surface area contributed by atoms with Crippen molar-refractivity contribution in [3.05, 3.63) is 30.3 Å². The molecule has 0 fully saturated rings. The topological polar surface area (TPSA) is 9.23 Å². The summed E-state index contributed by atoms with van der Waals surface area (Å²) < 4.78 is 6.44. The summed E-state index contributed by atoms with van der Waals surface area (Å²) in [5.41, 5.74) is 1.47. The van der Waals surface area contributed by atoms with E-state index < -0.39 is 18.1 Å². The molecule has 0 amide bonds. The Labute approximate surface area is 103 Å². The Kier molecular flexibility index (Phi) is 5.45. The van der Waals surface area contributed by atoms with Gasteiger partial charge in [0.05, 0.1) is 0 Å². The molecular weight excluding hydrogens is 228 g/mol. The van der Waals surface area contributed by atoms with Crippen LogP contribution in [0, 0.1) is 0 Å². The quantitative estimate of drug-likeness (QED) is 0.732. The minimum absolute atomic E-state index is 0.735. The molecule has 1 rings (SSSR count). The van der Waals surface area contributed by atoms with Gasteiger partial charge in [-0.1, -0.05) is 58.0 Å². The molecular formula is C13H24OSi2. The van der Waals surface area contributed by atoms with Crippen LogP contribution in [0.15, 0.2) is 30.3 Å². The number of hydrogen-bond donors (Lipinski definition) is 0. The van der Waals surface area contributed by atoms with Crippen molar-refractivity contribution in [3.8, 4) is 0 Å². The van der Waals surface area contributed by atoms with Gasteiger partial charge in [-0.3, -0.25) is 0 Å². The average Bonchev–Trinajstić information content (AvgIpc) is 2.25. The van der Waals surface area contributed by atoms with E-state index in [0.717, 1.165) is 11.1 Å². The van der Waals surface area contributed by atoms with E-state index in [1.54, 1.807) is 0 Å². The molecule has 0 aliphatic rings. The zero-order chi connectivity index (χ0) is 12.1. The van der Waals surface area contributed by atoms with Crippen molar-refractivity contribution in [2.75, 3.05) is 0 Å². The van der Waals surface area contributed by atoms with Crippen LogP contribution in [-0.2, 0) is 4.12 Å². The van der Waals surface area contributed by atoms with Crippen molar-refractivity contribution >= 4 is 23.3 Å². The molecule has 0 spiro atoms. The second-order valence-corrected chi connectivity index (χ2v) is 11.8. The average molecular weight is 253 g/mol. The molecule has 0 N–H and O–H groups in total. The molecule has 1 nitrogen and oxygen atoms in total. The van der Waals surface area contributed by atoms with Crippen LogP contribution in [0.3, 0.4) is 0 Å². The van der Waals surface area contributed by atoms with Crippen LogP contribution in [0.1, 0.15) is 27.7 Å². The summed E-state index contributed by atoms with van der Waals surface area (Å²) in [6.07, 6.45) is 0. The lowest BCUT2D eigenvalue weighted by atomic mass is 10.4. The predicted octanol–water partition coefficient (Wildman–Crippen LogP) is 2.81. The van der Waals surface area contributed by atoms with Crippen molar-refractivity contribution < 1.29 is 4.12 Å². The fourth-order valence-corrected chi connectivity index (χ4v) is 9.45. The standard InChI is InChI=1S/C13H24OSi2/c1-11(2)16(12(3)4)14-15(5)13-9-7-6-8-10-13/h6-12,15-16H,1-5H3. The fourth-order valence-electron chi connectivity index (χ4n) is 2.12. The molecule has 0 saturated heterocycles. The molecule has 0 saturated carbocycles. The van der Waals surface area contributed by atoms with Crippen LogP contribution in [0.25, 0.3) is 0 Å². The second-order valence-electron chi connectivity index (χ2n) is 5.14. The second kappa shape index (κ2) is 6.37. The van der Waals surface area contributed by atoms with Crippen LogP contribution in [0.2, 0.25) is 17.6 Å². The highest BCUT2D eigenvalue weighted by atomic mass is 28.4. The maximum Gasteiger partial charge on any atom is 0.192 e. The van der Waals surface area contributed by atoms with Crippen molar-refractivity contribution in [1.82, 2.24) is 0 Å². The molecule has 0 aliphatic heterocycles. The fraction of sp³-hybridized carbons (Fsp3) is 0.538. The molecule has 1 aromatic carbocycles. The van der Waals surface area contributed by atoms with E-state index in [2.05, 4.69) is 64.6 Å². The van der Waals surface area contributed by atoms with Gasteiger partial charge in [-0.05, 0) is 22.8 Å². The Hall–Kier alpha value is -0.386. The van der Waals surface area contributed by atoms with Gasteiger partial charge >= 0.3 is 0 Å². The Balaban J connectivity index is 2.65. The first-order valence-electron chi connectivity index (χ1n) is 6.22. The van der Waals surface area contributed by atoms with Gasteiger partial charge in [0, 0.05) is 0 Å². The Bertz CT molecular complexity index is 290. The summed E-state index contributed by atoms with van der Waals surface area (Å²) in [6.45, 7) is 11.5. The molecule has 90 valence electrons. The summed E-state index contributed by atoms with van der Waals surface area (Å²) in [6, 6.07) is 10.7. The third-order valence-corrected chi connectivity index (χ3v) is 9.79. The Morgan fingerprint density at radius 1 is 0.938 bits per heavy atom. The van der Waals surface area contributed by atoms with Gasteiger partial charge in [0.15, 0.2) is 18.1 Å². The lowest BCUT2D eigenvalue weighted by molar-refractivity contribution is 0.561. The van der Waals surface area contributed by atoms with Crippen LogP contribution in [0.4, 0.5) is 0 Å². The number of benzene rings is 1. The first kappa shape index (κ1) is 13.7. The first-order valence-corrected chi connectivity index (χ1v) is 10.2. The highest BCUT2D eigenvalue weighted by Gasteiger charge is 2.23. The monoisotopic (exact) mass is 252 g/mol. The molecule has 0 aliphatic carbocycles.